The van der Waals surface area contributed by atoms with Gasteiger partial charge in [0.2, 0.25) is 10.0 Å². The molecule has 0 spiro atoms. The Morgan fingerprint density at radius 1 is 1.33 bits per heavy atom. The second-order valence-electron chi connectivity index (χ2n) is 5.59. The molecule has 1 aliphatic heterocycles. The van der Waals surface area contributed by atoms with Crippen LogP contribution in [-0.4, -0.2) is 57.5 Å². The van der Waals surface area contributed by atoms with Gasteiger partial charge in [-0.25, -0.2) is 8.42 Å². The van der Waals surface area contributed by atoms with Crippen molar-refractivity contribution in [1.29, 1.82) is 0 Å². The van der Waals surface area contributed by atoms with Gasteiger partial charge in [-0.1, -0.05) is 0 Å². The van der Waals surface area contributed by atoms with Gasteiger partial charge in [-0.05, 0) is 38.6 Å². The van der Waals surface area contributed by atoms with Crippen molar-refractivity contribution in [2.24, 2.45) is 0 Å². The third kappa shape index (κ3) is 3.00. The van der Waals surface area contributed by atoms with Gasteiger partial charge in [0.1, 0.15) is 10.6 Å². The molecular weight excluding hydrogens is 290 g/mol. The number of benzene rings is 1. The van der Waals surface area contributed by atoms with Gasteiger partial charge in [-0.2, -0.15) is 4.31 Å². The number of anilines is 1. The summed E-state index contributed by atoms with van der Waals surface area (Å²) in [7, 11) is -0.154. The van der Waals surface area contributed by atoms with Crippen LogP contribution in [0.25, 0.3) is 0 Å². The zero-order chi connectivity index (χ0) is 15.8. The van der Waals surface area contributed by atoms with Crippen molar-refractivity contribution >= 4 is 15.7 Å². The standard InChI is InChI=1S/C14H23N3O3S/c1-10-7-13(20-4)14(8-12(10)15)21(18,19)17-6-5-16(3)9-11(17)2/h7-8,11H,5-6,9,15H2,1-4H3. The number of rotatable bonds is 3. The van der Waals surface area contributed by atoms with E-state index in [9.17, 15) is 8.42 Å². The van der Waals surface area contributed by atoms with Crippen LogP contribution < -0.4 is 10.5 Å². The number of nitrogens with two attached hydrogens (primary N) is 1. The van der Waals surface area contributed by atoms with Crippen LogP contribution in [0.2, 0.25) is 0 Å². The number of hydrogen-bond acceptors (Lipinski definition) is 5. The Morgan fingerprint density at radius 2 is 2.00 bits per heavy atom. The van der Waals surface area contributed by atoms with Crippen molar-refractivity contribution in [2.45, 2.75) is 24.8 Å². The number of likely N-dealkylation sites (N-methyl/N-ethyl adjacent to an activating group) is 1. The van der Waals surface area contributed by atoms with Crippen LogP contribution in [0.4, 0.5) is 5.69 Å². The third-order valence-corrected chi connectivity index (χ3v) is 5.94. The summed E-state index contributed by atoms with van der Waals surface area (Å²) in [4.78, 5) is 2.27. The molecule has 0 aliphatic carbocycles. The molecule has 21 heavy (non-hydrogen) atoms. The van der Waals surface area contributed by atoms with E-state index in [1.54, 1.807) is 6.07 Å². The molecule has 6 nitrogen and oxygen atoms in total. The molecule has 1 atom stereocenters. The van der Waals surface area contributed by atoms with E-state index >= 15 is 0 Å². The fraction of sp³-hybridized carbons (Fsp3) is 0.571. The average molecular weight is 313 g/mol. The predicted octanol–water partition coefficient (Wildman–Crippen LogP) is 0.910. The minimum atomic E-state index is -3.61. The average Bonchev–Trinajstić information content (AvgIpc) is 2.40. The van der Waals surface area contributed by atoms with Crippen LogP contribution in [0, 0.1) is 6.92 Å². The number of methoxy groups -OCH3 is 1. The lowest BCUT2D eigenvalue weighted by Crippen LogP contribution is -2.52. The molecule has 2 N–H and O–H groups in total. The van der Waals surface area contributed by atoms with Crippen molar-refractivity contribution in [3.63, 3.8) is 0 Å². The molecule has 118 valence electrons. The van der Waals surface area contributed by atoms with Crippen LogP contribution >= 0.6 is 0 Å². The van der Waals surface area contributed by atoms with Crippen LogP contribution in [0.1, 0.15) is 12.5 Å². The summed E-state index contributed by atoms with van der Waals surface area (Å²) in [6, 6.07) is 3.08. The smallest absolute Gasteiger partial charge is 0.247 e. The van der Waals surface area contributed by atoms with E-state index in [-0.39, 0.29) is 10.9 Å². The lowest BCUT2D eigenvalue weighted by Gasteiger charge is -2.37. The summed E-state index contributed by atoms with van der Waals surface area (Å²) >= 11 is 0. The van der Waals surface area contributed by atoms with Crippen molar-refractivity contribution in [3.05, 3.63) is 17.7 Å². The van der Waals surface area contributed by atoms with Gasteiger partial charge in [0.25, 0.3) is 0 Å². The van der Waals surface area contributed by atoms with Gasteiger partial charge < -0.3 is 15.4 Å². The largest absolute Gasteiger partial charge is 0.495 e. The van der Waals surface area contributed by atoms with Crippen molar-refractivity contribution in [2.75, 3.05) is 39.5 Å². The van der Waals surface area contributed by atoms with Gasteiger partial charge in [-0.3, -0.25) is 0 Å². The maximum Gasteiger partial charge on any atom is 0.247 e. The van der Waals surface area contributed by atoms with Gasteiger partial charge in [0.05, 0.1) is 7.11 Å². The molecule has 0 aromatic heterocycles. The van der Waals surface area contributed by atoms with Gasteiger partial charge in [-0.15, -0.1) is 0 Å². The number of aryl methyl sites for hydroxylation is 1. The maximum absolute atomic E-state index is 12.9. The summed E-state index contributed by atoms with van der Waals surface area (Å²) in [5.74, 6) is 0.341. The molecule has 0 amide bonds. The Balaban J connectivity index is 2.47. The third-order valence-electron chi connectivity index (χ3n) is 3.91. The number of sulfonamides is 1. The number of hydrogen-bond donors (Lipinski definition) is 1. The van der Waals surface area contributed by atoms with E-state index in [0.29, 0.717) is 31.1 Å². The molecule has 0 saturated carbocycles. The summed E-state index contributed by atoms with van der Waals surface area (Å²) in [5.41, 5.74) is 7.14. The Morgan fingerprint density at radius 3 is 2.57 bits per heavy atom. The van der Waals surface area contributed by atoms with Gasteiger partial charge >= 0.3 is 0 Å². The first-order valence-corrected chi connectivity index (χ1v) is 8.36. The molecule has 1 aliphatic rings. The summed E-state index contributed by atoms with van der Waals surface area (Å²) in [6.07, 6.45) is 0. The topological polar surface area (TPSA) is 75.9 Å². The predicted molar refractivity (Wildman–Crippen MR) is 83.0 cm³/mol. The Kier molecular flexibility index (Phi) is 4.46. The fourth-order valence-electron chi connectivity index (χ4n) is 2.64. The molecule has 1 unspecified atom stereocenters. The molecular formula is C14H23N3O3S. The zero-order valence-corrected chi connectivity index (χ0v) is 13.8. The highest BCUT2D eigenvalue weighted by Crippen LogP contribution is 2.32. The molecule has 1 saturated heterocycles. The quantitative estimate of drug-likeness (QED) is 0.840. The molecule has 1 aromatic rings. The second-order valence-corrected chi connectivity index (χ2v) is 7.45. The first kappa shape index (κ1) is 16.1. The summed E-state index contributed by atoms with van der Waals surface area (Å²) in [5, 5.41) is 0. The van der Waals surface area contributed by atoms with Crippen molar-refractivity contribution < 1.29 is 13.2 Å². The number of nitrogen functional groups attached to an aromatic ring is 1. The van der Waals surface area contributed by atoms with Gasteiger partial charge in [0.15, 0.2) is 0 Å². The Bertz CT molecular complexity index is 631. The first-order chi connectivity index (χ1) is 9.77. The second kappa shape index (κ2) is 5.82. The fourth-order valence-corrected chi connectivity index (χ4v) is 4.43. The number of ether oxygens (including phenoxy) is 1. The highest BCUT2D eigenvalue weighted by Gasteiger charge is 2.34. The van der Waals surface area contributed by atoms with Crippen LogP contribution in [0.3, 0.4) is 0 Å². The Labute approximate surface area is 126 Å². The molecule has 1 fully saturated rings. The number of nitrogens with zero attached hydrogens (tertiary/aromatic N) is 2. The van der Waals surface area contributed by atoms with E-state index in [2.05, 4.69) is 4.90 Å². The van der Waals surface area contributed by atoms with Crippen LogP contribution in [0.5, 0.6) is 5.75 Å². The minimum Gasteiger partial charge on any atom is -0.495 e. The molecule has 0 radical (unpaired) electrons. The molecule has 1 heterocycles. The van der Waals surface area contributed by atoms with E-state index in [1.807, 2.05) is 20.9 Å². The van der Waals surface area contributed by atoms with Crippen LogP contribution in [-0.2, 0) is 10.0 Å². The molecule has 7 heteroatoms. The summed E-state index contributed by atoms with van der Waals surface area (Å²) in [6.45, 7) is 5.64. The zero-order valence-electron chi connectivity index (χ0n) is 13.0. The lowest BCUT2D eigenvalue weighted by molar-refractivity contribution is 0.170. The van der Waals surface area contributed by atoms with E-state index < -0.39 is 10.0 Å². The maximum atomic E-state index is 12.9. The highest BCUT2D eigenvalue weighted by molar-refractivity contribution is 7.89. The van der Waals surface area contributed by atoms with Crippen molar-refractivity contribution in [1.82, 2.24) is 9.21 Å². The van der Waals surface area contributed by atoms with Crippen LogP contribution in [0.15, 0.2) is 17.0 Å². The molecule has 1 aromatic carbocycles. The molecule has 0 bridgehead atoms. The Hall–Kier alpha value is -1.31. The minimum absolute atomic E-state index is 0.0824. The molecule has 2 rings (SSSR count). The first-order valence-electron chi connectivity index (χ1n) is 6.92. The highest BCUT2D eigenvalue weighted by atomic mass is 32.2. The normalized spacial score (nSPS) is 21.4. The van der Waals surface area contributed by atoms with E-state index in [0.717, 1.165) is 5.56 Å². The lowest BCUT2D eigenvalue weighted by atomic mass is 10.2. The van der Waals surface area contributed by atoms with E-state index in [1.165, 1.54) is 17.5 Å². The monoisotopic (exact) mass is 313 g/mol. The SMILES string of the molecule is COc1cc(C)c(N)cc1S(=O)(=O)N1CCN(C)CC1C. The van der Waals surface area contributed by atoms with Crippen molar-refractivity contribution in [3.8, 4) is 5.75 Å². The van der Waals surface area contributed by atoms with Gasteiger partial charge in [0, 0.05) is 31.4 Å². The van der Waals surface area contributed by atoms with E-state index in [4.69, 9.17) is 10.5 Å². The summed E-state index contributed by atoms with van der Waals surface area (Å²) < 4.78 is 32.6. The number of piperazine rings is 1.